The van der Waals surface area contributed by atoms with Gasteiger partial charge in [0.1, 0.15) is 11.8 Å². The zero-order valence-electron chi connectivity index (χ0n) is 14.6. The Balaban J connectivity index is 2.34. The molecule has 1 aromatic carbocycles. The van der Waals surface area contributed by atoms with Crippen LogP contribution in [0.15, 0.2) is 29.2 Å². The van der Waals surface area contributed by atoms with Gasteiger partial charge < -0.3 is 20.5 Å². The van der Waals surface area contributed by atoms with Crippen LogP contribution in [0, 0.1) is 5.92 Å². The van der Waals surface area contributed by atoms with Crippen LogP contribution in [0.3, 0.4) is 0 Å². The summed E-state index contributed by atoms with van der Waals surface area (Å²) in [6.07, 6.45) is 0.336. The van der Waals surface area contributed by atoms with Gasteiger partial charge in [0.2, 0.25) is 11.8 Å². The number of carbonyl (C=O) groups excluding carboxylic acids is 2. The summed E-state index contributed by atoms with van der Waals surface area (Å²) in [5, 5.41) is 14.0. The van der Waals surface area contributed by atoms with E-state index >= 15 is 0 Å². The van der Waals surface area contributed by atoms with Crippen LogP contribution < -0.4 is 15.4 Å². The van der Waals surface area contributed by atoms with Crippen molar-refractivity contribution < 1.29 is 24.2 Å². The van der Waals surface area contributed by atoms with E-state index in [9.17, 15) is 14.4 Å². The Morgan fingerprint density at radius 2 is 1.80 bits per heavy atom. The third kappa shape index (κ3) is 8.44. The van der Waals surface area contributed by atoms with E-state index in [1.165, 1.54) is 11.8 Å². The average Bonchev–Trinajstić information content (AvgIpc) is 2.57. The highest BCUT2D eigenvalue weighted by Gasteiger charge is 2.21. The summed E-state index contributed by atoms with van der Waals surface area (Å²) < 4.78 is 5.06. The van der Waals surface area contributed by atoms with Gasteiger partial charge >= 0.3 is 5.97 Å². The molecule has 7 nitrogen and oxygen atoms in total. The van der Waals surface area contributed by atoms with Crippen LogP contribution >= 0.6 is 11.8 Å². The summed E-state index contributed by atoms with van der Waals surface area (Å²) in [6.45, 7) is 3.50. The maximum absolute atomic E-state index is 11.8. The molecule has 0 aromatic heterocycles. The van der Waals surface area contributed by atoms with E-state index in [1.54, 1.807) is 19.2 Å². The van der Waals surface area contributed by atoms with Gasteiger partial charge in [0.25, 0.3) is 0 Å². The number of carboxylic acids is 1. The van der Waals surface area contributed by atoms with Gasteiger partial charge in [-0.25, -0.2) is 4.79 Å². The summed E-state index contributed by atoms with van der Waals surface area (Å²) in [5.41, 5.74) is 0. The van der Waals surface area contributed by atoms with Crippen molar-refractivity contribution >= 4 is 29.5 Å². The zero-order chi connectivity index (χ0) is 18.8. The number of hydrogen-bond acceptors (Lipinski definition) is 5. The first-order valence-electron chi connectivity index (χ1n) is 7.87. The standard InChI is InChI=1S/C17H24N2O5S/c1-11(2)8-14(17(22)23)19-15(20)9-18-16(21)10-25-13-6-4-12(24-3)5-7-13/h4-7,11,14H,8-10H2,1-3H3,(H,18,21)(H,19,20)(H,22,23)/t14-/m0/s1. The number of carboxylic acid groups (broad SMARTS) is 1. The van der Waals surface area contributed by atoms with Crippen molar-refractivity contribution in [3.8, 4) is 5.75 Å². The number of benzene rings is 1. The van der Waals surface area contributed by atoms with Crippen molar-refractivity contribution in [2.24, 2.45) is 5.92 Å². The van der Waals surface area contributed by atoms with Gasteiger partial charge in [0, 0.05) is 4.90 Å². The first kappa shape index (κ1) is 20.8. The van der Waals surface area contributed by atoms with Crippen LogP contribution in [0.5, 0.6) is 5.75 Å². The fourth-order valence-electron chi connectivity index (χ4n) is 1.99. The van der Waals surface area contributed by atoms with Crippen molar-refractivity contribution in [2.75, 3.05) is 19.4 Å². The van der Waals surface area contributed by atoms with Gasteiger partial charge in [-0.2, -0.15) is 0 Å². The van der Waals surface area contributed by atoms with Crippen molar-refractivity contribution in [3.05, 3.63) is 24.3 Å². The van der Waals surface area contributed by atoms with E-state index < -0.39 is 17.9 Å². The molecule has 0 aliphatic rings. The van der Waals surface area contributed by atoms with Gasteiger partial charge in [-0.05, 0) is 36.6 Å². The lowest BCUT2D eigenvalue weighted by molar-refractivity contribution is -0.142. The number of aliphatic carboxylic acids is 1. The highest BCUT2D eigenvalue weighted by molar-refractivity contribution is 8.00. The molecule has 0 radical (unpaired) electrons. The number of thioether (sulfide) groups is 1. The van der Waals surface area contributed by atoms with Gasteiger partial charge in [0.15, 0.2) is 0 Å². The molecule has 0 spiro atoms. The molecule has 0 aliphatic carbocycles. The zero-order valence-corrected chi connectivity index (χ0v) is 15.4. The number of carbonyl (C=O) groups is 3. The minimum atomic E-state index is -1.08. The van der Waals surface area contributed by atoms with Gasteiger partial charge in [0.05, 0.1) is 19.4 Å². The molecule has 0 aliphatic heterocycles. The van der Waals surface area contributed by atoms with Crippen LogP contribution in [0.4, 0.5) is 0 Å². The van der Waals surface area contributed by atoms with E-state index in [1.807, 2.05) is 26.0 Å². The number of hydrogen-bond donors (Lipinski definition) is 3. The summed E-state index contributed by atoms with van der Waals surface area (Å²) in [6, 6.07) is 6.33. The minimum Gasteiger partial charge on any atom is -0.497 e. The van der Waals surface area contributed by atoms with Gasteiger partial charge in [-0.15, -0.1) is 11.8 Å². The number of rotatable bonds is 10. The maximum atomic E-state index is 11.8. The molecule has 8 heteroatoms. The first-order valence-corrected chi connectivity index (χ1v) is 8.86. The van der Waals surface area contributed by atoms with Crippen LogP contribution in [0.1, 0.15) is 20.3 Å². The molecule has 2 amide bonds. The molecule has 25 heavy (non-hydrogen) atoms. The Morgan fingerprint density at radius 3 is 2.32 bits per heavy atom. The highest BCUT2D eigenvalue weighted by Crippen LogP contribution is 2.20. The summed E-state index contributed by atoms with van der Waals surface area (Å²) in [4.78, 5) is 35.6. The Morgan fingerprint density at radius 1 is 1.16 bits per heavy atom. The molecule has 0 bridgehead atoms. The first-order chi connectivity index (χ1) is 11.8. The van der Waals surface area contributed by atoms with Crippen molar-refractivity contribution in [1.29, 1.82) is 0 Å². The van der Waals surface area contributed by atoms with E-state index in [0.29, 0.717) is 6.42 Å². The fourth-order valence-corrected chi connectivity index (χ4v) is 2.72. The number of nitrogens with one attached hydrogen (secondary N) is 2. The van der Waals surface area contributed by atoms with Crippen molar-refractivity contribution in [1.82, 2.24) is 10.6 Å². The lowest BCUT2D eigenvalue weighted by Crippen LogP contribution is -2.46. The Kier molecular flexibility index (Phi) is 8.83. The number of methoxy groups -OCH3 is 1. The molecule has 1 atom stereocenters. The van der Waals surface area contributed by atoms with Gasteiger partial charge in [-0.1, -0.05) is 13.8 Å². The Hall–Kier alpha value is -2.22. The molecule has 0 fully saturated rings. The molecular weight excluding hydrogens is 344 g/mol. The van der Waals surface area contributed by atoms with E-state index in [4.69, 9.17) is 9.84 Å². The smallest absolute Gasteiger partial charge is 0.326 e. The van der Waals surface area contributed by atoms with Crippen LogP contribution in [-0.2, 0) is 14.4 Å². The lowest BCUT2D eigenvalue weighted by Gasteiger charge is -2.16. The third-order valence-corrected chi connectivity index (χ3v) is 4.23. The largest absolute Gasteiger partial charge is 0.497 e. The van der Waals surface area contributed by atoms with Crippen LogP contribution in [0.2, 0.25) is 0 Å². The summed E-state index contributed by atoms with van der Waals surface area (Å²) >= 11 is 1.33. The predicted molar refractivity (Wildman–Crippen MR) is 95.7 cm³/mol. The minimum absolute atomic E-state index is 0.136. The van der Waals surface area contributed by atoms with Gasteiger partial charge in [-0.3, -0.25) is 9.59 Å². The normalized spacial score (nSPS) is 11.7. The van der Waals surface area contributed by atoms with E-state index in [-0.39, 0.29) is 24.1 Å². The highest BCUT2D eigenvalue weighted by atomic mass is 32.2. The average molecular weight is 368 g/mol. The Labute approximate surface area is 151 Å². The third-order valence-electron chi connectivity index (χ3n) is 3.22. The number of amides is 2. The maximum Gasteiger partial charge on any atom is 0.326 e. The fraction of sp³-hybridized carbons (Fsp3) is 0.471. The molecule has 3 N–H and O–H groups in total. The second-order valence-corrected chi connectivity index (χ2v) is 6.88. The molecule has 1 rings (SSSR count). The second-order valence-electron chi connectivity index (χ2n) is 5.83. The second kappa shape index (κ2) is 10.6. The molecule has 0 saturated carbocycles. The Bertz CT molecular complexity index is 589. The molecule has 138 valence electrons. The molecular formula is C17H24N2O5S. The quantitative estimate of drug-likeness (QED) is 0.541. The topological polar surface area (TPSA) is 105 Å². The molecule has 0 unspecified atom stereocenters. The van der Waals surface area contributed by atoms with Crippen molar-refractivity contribution in [3.63, 3.8) is 0 Å². The van der Waals surface area contributed by atoms with E-state index in [0.717, 1.165) is 10.6 Å². The van der Waals surface area contributed by atoms with Crippen LogP contribution in [0.25, 0.3) is 0 Å². The van der Waals surface area contributed by atoms with E-state index in [2.05, 4.69) is 10.6 Å². The summed E-state index contributed by atoms with van der Waals surface area (Å²) in [7, 11) is 1.58. The van der Waals surface area contributed by atoms with Crippen LogP contribution in [-0.4, -0.2) is 48.3 Å². The number of ether oxygens (including phenoxy) is 1. The van der Waals surface area contributed by atoms with Crippen molar-refractivity contribution in [2.45, 2.75) is 31.2 Å². The lowest BCUT2D eigenvalue weighted by atomic mass is 10.0. The predicted octanol–water partition coefficient (Wildman–Crippen LogP) is 1.52. The monoisotopic (exact) mass is 368 g/mol. The molecule has 1 aromatic rings. The molecule has 0 heterocycles. The SMILES string of the molecule is COc1ccc(SCC(=O)NCC(=O)N[C@@H](CC(C)C)C(=O)O)cc1. The summed E-state index contributed by atoms with van der Waals surface area (Å²) in [5.74, 6) is -0.865. The molecule has 0 saturated heterocycles.